The van der Waals surface area contributed by atoms with E-state index in [9.17, 15) is 4.79 Å². The van der Waals surface area contributed by atoms with Crippen LogP contribution in [-0.4, -0.2) is 27.1 Å². The summed E-state index contributed by atoms with van der Waals surface area (Å²) in [4.78, 5) is 24.0. The zero-order valence-electron chi connectivity index (χ0n) is 14.6. The third-order valence-corrected chi connectivity index (χ3v) is 3.74. The molecule has 3 rings (SSSR count). The summed E-state index contributed by atoms with van der Waals surface area (Å²) in [7, 11) is 0. The second-order valence-corrected chi connectivity index (χ2v) is 6.51. The summed E-state index contributed by atoms with van der Waals surface area (Å²) >= 11 is 0. The lowest BCUT2D eigenvalue weighted by Gasteiger charge is -2.15. The molecule has 1 unspecified atom stereocenters. The summed E-state index contributed by atoms with van der Waals surface area (Å²) in [5.41, 5.74) is 2.90. The number of carbonyl (C=O) groups excluding carboxylic acids is 1. The predicted octanol–water partition coefficient (Wildman–Crippen LogP) is 4.61. The van der Waals surface area contributed by atoms with Crippen molar-refractivity contribution in [2.75, 3.05) is 5.32 Å². The lowest BCUT2D eigenvalue weighted by atomic mass is 10.1. The number of pyridine rings is 1. The van der Waals surface area contributed by atoms with Crippen molar-refractivity contribution in [3.63, 3.8) is 0 Å². The third-order valence-electron chi connectivity index (χ3n) is 3.74. The van der Waals surface area contributed by atoms with E-state index in [0.717, 1.165) is 17.8 Å². The summed E-state index contributed by atoms with van der Waals surface area (Å²) in [6.45, 7) is 6.08. The average Bonchev–Trinajstić information content (AvgIpc) is 2.98. The first kappa shape index (κ1) is 17.0. The first-order chi connectivity index (χ1) is 12.0. The Morgan fingerprint density at radius 3 is 2.72 bits per heavy atom. The van der Waals surface area contributed by atoms with Gasteiger partial charge in [0.25, 0.3) is 0 Å². The number of anilines is 1. The van der Waals surface area contributed by atoms with Crippen molar-refractivity contribution < 1.29 is 9.53 Å². The van der Waals surface area contributed by atoms with Gasteiger partial charge in [0.15, 0.2) is 5.65 Å². The van der Waals surface area contributed by atoms with Crippen LogP contribution in [0.1, 0.15) is 27.2 Å². The molecule has 130 valence electrons. The molecule has 1 amide bonds. The van der Waals surface area contributed by atoms with Gasteiger partial charge in [-0.3, -0.25) is 5.32 Å². The molecule has 0 aliphatic heterocycles. The molecule has 0 aliphatic carbocycles. The topological polar surface area (TPSA) is 79.9 Å². The molecule has 6 nitrogen and oxygen atoms in total. The Bertz CT molecular complexity index is 858. The van der Waals surface area contributed by atoms with Gasteiger partial charge in [-0.15, -0.1) is 0 Å². The van der Waals surface area contributed by atoms with E-state index in [1.165, 1.54) is 0 Å². The maximum Gasteiger partial charge on any atom is 0.411 e. The van der Waals surface area contributed by atoms with E-state index in [0.29, 0.717) is 22.8 Å². The van der Waals surface area contributed by atoms with Gasteiger partial charge in [0, 0.05) is 5.56 Å². The van der Waals surface area contributed by atoms with Crippen LogP contribution in [0.25, 0.3) is 22.6 Å². The van der Waals surface area contributed by atoms with Crippen molar-refractivity contribution >= 4 is 22.9 Å². The van der Waals surface area contributed by atoms with Gasteiger partial charge in [0.05, 0.1) is 11.9 Å². The van der Waals surface area contributed by atoms with Crippen LogP contribution < -0.4 is 5.32 Å². The molecule has 1 aromatic carbocycles. The smallest absolute Gasteiger partial charge is 0.411 e. The van der Waals surface area contributed by atoms with Gasteiger partial charge in [-0.1, -0.05) is 44.2 Å². The van der Waals surface area contributed by atoms with Crippen molar-refractivity contribution in [1.29, 1.82) is 0 Å². The highest BCUT2D eigenvalue weighted by molar-refractivity contribution is 5.87. The Morgan fingerprint density at radius 1 is 1.24 bits per heavy atom. The van der Waals surface area contributed by atoms with Crippen LogP contribution in [0.3, 0.4) is 0 Å². The number of benzene rings is 1. The second-order valence-electron chi connectivity index (χ2n) is 6.51. The number of hydrogen-bond donors (Lipinski definition) is 2. The summed E-state index contributed by atoms with van der Waals surface area (Å²) in [5.74, 6) is 1.22. The fourth-order valence-electron chi connectivity index (χ4n) is 2.74. The molecule has 2 heterocycles. The number of nitrogens with one attached hydrogen (secondary N) is 2. The molecular formula is C19H22N4O2. The minimum atomic E-state index is -0.479. The number of ether oxygens (including phenoxy) is 1. The minimum absolute atomic E-state index is 0.133. The fraction of sp³-hybridized carbons (Fsp3) is 0.316. The molecule has 0 bridgehead atoms. The van der Waals surface area contributed by atoms with Crippen molar-refractivity contribution in [1.82, 2.24) is 15.0 Å². The molecule has 3 aromatic rings. The summed E-state index contributed by atoms with van der Waals surface area (Å²) < 4.78 is 5.35. The van der Waals surface area contributed by atoms with Gasteiger partial charge in [-0.2, -0.15) is 0 Å². The third kappa shape index (κ3) is 4.35. The lowest BCUT2D eigenvalue weighted by molar-refractivity contribution is 0.108. The predicted molar refractivity (Wildman–Crippen MR) is 98.3 cm³/mol. The number of rotatable bonds is 5. The van der Waals surface area contributed by atoms with Crippen LogP contribution in [0.15, 0.2) is 42.6 Å². The van der Waals surface area contributed by atoms with Gasteiger partial charge < -0.3 is 9.72 Å². The maximum absolute atomic E-state index is 12.0. The number of hydrogen-bond acceptors (Lipinski definition) is 4. The molecule has 2 N–H and O–H groups in total. The highest BCUT2D eigenvalue weighted by Gasteiger charge is 2.13. The second kappa shape index (κ2) is 7.34. The van der Waals surface area contributed by atoms with Crippen LogP contribution in [0.5, 0.6) is 0 Å². The SMILES string of the molecule is CC(C)CC(C)OC(=O)Nc1cnc2[nH]c(-c3ccccc3)nc2c1. The largest absolute Gasteiger partial charge is 0.446 e. The van der Waals surface area contributed by atoms with E-state index >= 15 is 0 Å². The first-order valence-electron chi connectivity index (χ1n) is 8.40. The molecule has 0 saturated heterocycles. The molecule has 1 atom stereocenters. The zero-order chi connectivity index (χ0) is 17.8. The maximum atomic E-state index is 12.0. The zero-order valence-corrected chi connectivity index (χ0v) is 14.6. The van der Waals surface area contributed by atoms with Gasteiger partial charge in [0.2, 0.25) is 0 Å². The standard InChI is InChI=1S/C19H22N4O2/c1-12(2)9-13(3)25-19(24)21-15-10-16-18(20-11-15)23-17(22-16)14-7-5-4-6-8-14/h4-8,10-13H,9H2,1-3H3,(H,21,24)(H,20,22,23). The number of carbonyl (C=O) groups is 1. The molecule has 25 heavy (non-hydrogen) atoms. The average molecular weight is 338 g/mol. The highest BCUT2D eigenvalue weighted by Crippen LogP contribution is 2.21. The molecule has 6 heteroatoms. The molecular weight excluding hydrogens is 316 g/mol. The van der Waals surface area contributed by atoms with Crippen LogP contribution >= 0.6 is 0 Å². The van der Waals surface area contributed by atoms with Crippen LogP contribution in [-0.2, 0) is 4.74 Å². The fourth-order valence-corrected chi connectivity index (χ4v) is 2.74. The molecule has 0 spiro atoms. The Morgan fingerprint density at radius 2 is 2.00 bits per heavy atom. The van der Waals surface area contributed by atoms with Crippen molar-refractivity contribution in [2.24, 2.45) is 5.92 Å². The monoisotopic (exact) mass is 338 g/mol. The Balaban J connectivity index is 1.72. The Labute approximate surface area is 146 Å². The molecule has 0 saturated carbocycles. The van der Waals surface area contributed by atoms with E-state index < -0.39 is 6.09 Å². The number of fused-ring (bicyclic) bond motifs is 1. The lowest BCUT2D eigenvalue weighted by Crippen LogP contribution is -2.21. The molecule has 0 aliphatic rings. The van der Waals surface area contributed by atoms with E-state index in [1.54, 1.807) is 12.3 Å². The first-order valence-corrected chi connectivity index (χ1v) is 8.40. The van der Waals surface area contributed by atoms with Gasteiger partial charge >= 0.3 is 6.09 Å². The normalized spacial score (nSPS) is 12.3. The van der Waals surface area contributed by atoms with E-state index in [-0.39, 0.29) is 6.10 Å². The number of H-pyrrole nitrogens is 1. The van der Waals surface area contributed by atoms with Crippen LogP contribution in [0, 0.1) is 5.92 Å². The van der Waals surface area contributed by atoms with Crippen LogP contribution in [0.2, 0.25) is 0 Å². The number of imidazole rings is 1. The molecule has 0 fully saturated rings. The van der Waals surface area contributed by atoms with E-state index in [4.69, 9.17) is 4.74 Å². The highest BCUT2D eigenvalue weighted by atomic mass is 16.6. The number of nitrogens with zero attached hydrogens (tertiary/aromatic N) is 2. The van der Waals surface area contributed by atoms with E-state index in [1.807, 2.05) is 37.3 Å². The molecule has 2 aromatic heterocycles. The van der Waals surface area contributed by atoms with Crippen molar-refractivity contribution in [2.45, 2.75) is 33.3 Å². The summed E-state index contributed by atoms with van der Waals surface area (Å²) in [6.07, 6.45) is 1.80. The molecule has 0 radical (unpaired) electrons. The quantitative estimate of drug-likeness (QED) is 0.712. The minimum Gasteiger partial charge on any atom is -0.446 e. The number of aromatic amines is 1. The Kier molecular flexibility index (Phi) is 4.97. The van der Waals surface area contributed by atoms with Gasteiger partial charge in [0.1, 0.15) is 17.4 Å². The number of amides is 1. The van der Waals surface area contributed by atoms with Gasteiger partial charge in [-0.25, -0.2) is 14.8 Å². The summed E-state index contributed by atoms with van der Waals surface area (Å²) in [5, 5.41) is 2.71. The number of aromatic nitrogens is 3. The summed E-state index contributed by atoms with van der Waals surface area (Å²) in [6, 6.07) is 11.6. The Hall–Kier alpha value is -2.89. The van der Waals surface area contributed by atoms with Crippen LogP contribution in [0.4, 0.5) is 10.5 Å². The van der Waals surface area contributed by atoms with Crippen molar-refractivity contribution in [3.8, 4) is 11.4 Å². The van der Waals surface area contributed by atoms with Gasteiger partial charge in [-0.05, 0) is 25.3 Å². The van der Waals surface area contributed by atoms with Crippen molar-refractivity contribution in [3.05, 3.63) is 42.6 Å². The van der Waals surface area contributed by atoms with E-state index in [2.05, 4.69) is 34.1 Å².